The van der Waals surface area contributed by atoms with Gasteiger partial charge >= 0.3 is 0 Å². The molecule has 0 saturated carbocycles. The zero-order valence-corrected chi connectivity index (χ0v) is 9.80. The Hall–Kier alpha value is -1.62. The Labute approximate surface area is 99.0 Å². The first-order valence-electron chi connectivity index (χ1n) is 5.18. The van der Waals surface area contributed by atoms with Gasteiger partial charge in [-0.05, 0) is 36.8 Å². The van der Waals surface area contributed by atoms with E-state index in [1.54, 1.807) is 6.26 Å². The molecule has 1 aromatic heterocycles. The molecular formula is C11H13N3OS. The molecule has 5 heteroatoms. The van der Waals surface area contributed by atoms with Crippen LogP contribution in [0, 0.1) is 0 Å². The van der Waals surface area contributed by atoms with Crippen molar-refractivity contribution in [3.8, 4) is 0 Å². The summed E-state index contributed by atoms with van der Waals surface area (Å²) in [7, 11) is 0. The summed E-state index contributed by atoms with van der Waals surface area (Å²) in [5.74, 6) is 0. The van der Waals surface area contributed by atoms with Crippen molar-refractivity contribution < 1.29 is 4.52 Å². The third-order valence-electron chi connectivity index (χ3n) is 2.15. The van der Waals surface area contributed by atoms with E-state index in [4.69, 9.17) is 16.7 Å². The van der Waals surface area contributed by atoms with Gasteiger partial charge in [-0.3, -0.25) is 0 Å². The normalized spacial score (nSPS) is 10.3. The van der Waals surface area contributed by atoms with Gasteiger partial charge in [0.05, 0.1) is 0 Å². The molecule has 0 aliphatic carbocycles. The van der Waals surface area contributed by atoms with Crippen LogP contribution < -0.4 is 10.6 Å². The van der Waals surface area contributed by atoms with E-state index in [2.05, 4.69) is 22.7 Å². The lowest BCUT2D eigenvalue weighted by atomic mass is 10.2. The van der Waals surface area contributed by atoms with E-state index < -0.39 is 0 Å². The average molecular weight is 235 g/mol. The fourth-order valence-corrected chi connectivity index (χ4v) is 1.57. The highest BCUT2D eigenvalue weighted by molar-refractivity contribution is 7.80. The summed E-state index contributed by atoms with van der Waals surface area (Å²) in [5, 5.41) is 11.7. The van der Waals surface area contributed by atoms with Crippen LogP contribution >= 0.6 is 12.2 Å². The Kier molecular flexibility index (Phi) is 3.36. The predicted octanol–water partition coefficient (Wildman–Crippen LogP) is 2.52. The molecular weight excluding hydrogens is 222 g/mol. The SMILES string of the molecule is CCCNC(=S)Nc1ccc2conc2c1. The minimum Gasteiger partial charge on any atom is -0.364 e. The zero-order valence-electron chi connectivity index (χ0n) is 8.99. The van der Waals surface area contributed by atoms with Crippen LogP contribution in [0.2, 0.25) is 0 Å². The van der Waals surface area contributed by atoms with E-state index >= 15 is 0 Å². The Balaban J connectivity index is 2.06. The minimum absolute atomic E-state index is 0.629. The zero-order chi connectivity index (χ0) is 11.4. The number of benzene rings is 1. The highest BCUT2D eigenvalue weighted by Crippen LogP contribution is 2.17. The monoisotopic (exact) mass is 235 g/mol. The van der Waals surface area contributed by atoms with Crippen molar-refractivity contribution in [2.24, 2.45) is 0 Å². The van der Waals surface area contributed by atoms with Crippen LogP contribution in [0.4, 0.5) is 5.69 Å². The molecule has 2 rings (SSSR count). The molecule has 0 unspecified atom stereocenters. The number of nitrogens with zero attached hydrogens (tertiary/aromatic N) is 1. The van der Waals surface area contributed by atoms with E-state index in [0.29, 0.717) is 5.11 Å². The number of anilines is 1. The molecule has 0 saturated heterocycles. The van der Waals surface area contributed by atoms with E-state index in [1.165, 1.54) is 0 Å². The second-order valence-electron chi connectivity index (χ2n) is 3.47. The van der Waals surface area contributed by atoms with Gasteiger partial charge < -0.3 is 15.2 Å². The molecule has 2 aromatic rings. The summed E-state index contributed by atoms with van der Waals surface area (Å²) in [6, 6.07) is 5.79. The Morgan fingerprint density at radius 1 is 1.50 bits per heavy atom. The van der Waals surface area contributed by atoms with Gasteiger partial charge in [0.25, 0.3) is 0 Å². The third-order valence-corrected chi connectivity index (χ3v) is 2.40. The van der Waals surface area contributed by atoms with E-state index in [-0.39, 0.29) is 0 Å². The maximum absolute atomic E-state index is 5.14. The standard InChI is InChI=1S/C11H13N3OS/c1-2-5-12-11(16)13-9-4-3-8-7-15-14-10(8)6-9/h3-4,6-7H,2,5H2,1H3,(H2,12,13,16). The number of aromatic nitrogens is 1. The summed E-state index contributed by atoms with van der Waals surface area (Å²) in [6.07, 6.45) is 2.66. The fraction of sp³-hybridized carbons (Fsp3) is 0.273. The van der Waals surface area contributed by atoms with E-state index in [0.717, 1.165) is 29.6 Å². The fourth-order valence-electron chi connectivity index (χ4n) is 1.35. The quantitative estimate of drug-likeness (QED) is 0.801. The molecule has 1 aromatic carbocycles. The van der Waals surface area contributed by atoms with Crippen LogP contribution in [0.5, 0.6) is 0 Å². The molecule has 84 valence electrons. The number of hydrogen-bond acceptors (Lipinski definition) is 3. The van der Waals surface area contributed by atoms with Crippen molar-refractivity contribution in [2.45, 2.75) is 13.3 Å². The molecule has 16 heavy (non-hydrogen) atoms. The number of rotatable bonds is 3. The summed E-state index contributed by atoms with van der Waals surface area (Å²) >= 11 is 5.14. The predicted molar refractivity (Wildman–Crippen MR) is 68.5 cm³/mol. The number of hydrogen-bond donors (Lipinski definition) is 2. The smallest absolute Gasteiger partial charge is 0.170 e. The second-order valence-corrected chi connectivity index (χ2v) is 3.88. The molecule has 4 nitrogen and oxygen atoms in total. The molecule has 0 aliphatic heterocycles. The molecule has 1 heterocycles. The number of nitrogens with one attached hydrogen (secondary N) is 2. The Morgan fingerprint density at radius 3 is 3.19 bits per heavy atom. The van der Waals surface area contributed by atoms with Gasteiger partial charge in [-0.15, -0.1) is 0 Å². The van der Waals surface area contributed by atoms with Crippen molar-refractivity contribution in [1.29, 1.82) is 0 Å². The van der Waals surface area contributed by atoms with Crippen molar-refractivity contribution in [2.75, 3.05) is 11.9 Å². The molecule has 0 radical (unpaired) electrons. The highest BCUT2D eigenvalue weighted by Gasteiger charge is 2.01. The largest absolute Gasteiger partial charge is 0.364 e. The first-order valence-corrected chi connectivity index (χ1v) is 5.59. The topological polar surface area (TPSA) is 50.1 Å². The summed E-state index contributed by atoms with van der Waals surface area (Å²) in [4.78, 5) is 0. The Bertz CT molecular complexity index is 495. The summed E-state index contributed by atoms with van der Waals surface area (Å²) in [6.45, 7) is 2.97. The number of fused-ring (bicyclic) bond motifs is 1. The van der Waals surface area contributed by atoms with Crippen molar-refractivity contribution in [3.63, 3.8) is 0 Å². The second kappa shape index (κ2) is 4.94. The van der Waals surface area contributed by atoms with Gasteiger partial charge in [-0.2, -0.15) is 0 Å². The molecule has 0 atom stereocenters. The maximum atomic E-state index is 5.14. The lowest BCUT2D eigenvalue weighted by Crippen LogP contribution is -2.28. The lowest BCUT2D eigenvalue weighted by Gasteiger charge is -2.09. The number of thiocarbonyl (C=S) groups is 1. The highest BCUT2D eigenvalue weighted by atomic mass is 32.1. The van der Waals surface area contributed by atoms with Crippen LogP contribution in [0.3, 0.4) is 0 Å². The van der Waals surface area contributed by atoms with Gasteiger partial charge in [0.2, 0.25) is 0 Å². The maximum Gasteiger partial charge on any atom is 0.170 e. The van der Waals surface area contributed by atoms with Crippen LogP contribution in [-0.4, -0.2) is 16.8 Å². The van der Waals surface area contributed by atoms with Crippen molar-refractivity contribution in [1.82, 2.24) is 10.5 Å². The average Bonchev–Trinajstić information content (AvgIpc) is 2.73. The van der Waals surface area contributed by atoms with Crippen LogP contribution in [0.15, 0.2) is 29.0 Å². The van der Waals surface area contributed by atoms with Crippen molar-refractivity contribution in [3.05, 3.63) is 24.5 Å². The molecule has 0 fully saturated rings. The van der Waals surface area contributed by atoms with Gasteiger partial charge in [0.1, 0.15) is 11.8 Å². The summed E-state index contributed by atoms with van der Waals surface area (Å²) in [5.41, 5.74) is 1.73. The van der Waals surface area contributed by atoms with Crippen LogP contribution in [0.1, 0.15) is 13.3 Å². The molecule has 0 spiro atoms. The Morgan fingerprint density at radius 2 is 2.38 bits per heavy atom. The first-order chi connectivity index (χ1) is 7.79. The molecule has 0 amide bonds. The minimum atomic E-state index is 0.629. The molecule has 0 aliphatic rings. The van der Waals surface area contributed by atoms with Crippen molar-refractivity contribution >= 4 is 33.9 Å². The summed E-state index contributed by atoms with van der Waals surface area (Å²) < 4.78 is 4.86. The first kappa shape index (κ1) is 10.9. The van der Waals surface area contributed by atoms with Crippen LogP contribution in [0.25, 0.3) is 10.9 Å². The molecule has 2 N–H and O–H groups in total. The van der Waals surface area contributed by atoms with E-state index in [9.17, 15) is 0 Å². The van der Waals surface area contributed by atoms with Crippen LogP contribution in [-0.2, 0) is 0 Å². The lowest BCUT2D eigenvalue weighted by molar-refractivity contribution is 0.428. The van der Waals surface area contributed by atoms with Gasteiger partial charge in [0.15, 0.2) is 5.11 Å². The molecule has 0 bridgehead atoms. The van der Waals surface area contributed by atoms with Gasteiger partial charge in [0, 0.05) is 17.6 Å². The third kappa shape index (κ3) is 2.49. The van der Waals surface area contributed by atoms with E-state index in [1.807, 2.05) is 18.2 Å². The van der Waals surface area contributed by atoms with Gasteiger partial charge in [-0.25, -0.2) is 0 Å². The van der Waals surface area contributed by atoms with Gasteiger partial charge in [-0.1, -0.05) is 12.1 Å².